The van der Waals surface area contributed by atoms with Crippen LogP contribution in [-0.2, 0) is 6.42 Å². The van der Waals surface area contributed by atoms with E-state index in [-0.39, 0.29) is 0 Å². The molecular weight excluding hydrogens is 210 g/mol. The average molecular weight is 219 g/mol. The fourth-order valence-corrected chi connectivity index (χ4v) is 1.75. The molecule has 0 amide bonds. The van der Waals surface area contributed by atoms with Gasteiger partial charge in [0.1, 0.15) is 5.58 Å². The Labute approximate surface area is 90.5 Å². The van der Waals surface area contributed by atoms with Gasteiger partial charge in [0.25, 0.3) is 0 Å². The monoisotopic (exact) mass is 219 g/mol. The minimum absolute atomic E-state index is 0.384. The number of aryl methyl sites for hydroxylation is 1. The van der Waals surface area contributed by atoms with E-state index in [0.717, 1.165) is 0 Å². The minimum atomic E-state index is -0.888. The molecule has 2 rings (SSSR count). The molecule has 5 nitrogen and oxygen atoms in total. The van der Waals surface area contributed by atoms with Crippen LogP contribution < -0.4 is 5.63 Å². The Morgan fingerprint density at radius 2 is 2.06 bits per heavy atom. The number of hydrogen-bond acceptors (Lipinski definition) is 4. The van der Waals surface area contributed by atoms with Crippen molar-refractivity contribution in [1.29, 1.82) is 0 Å². The van der Waals surface area contributed by atoms with E-state index in [1.807, 2.05) is 0 Å². The zero-order chi connectivity index (χ0) is 11.7. The number of hydrogen-bond donors (Lipinski definition) is 0. The number of nitro groups is 1. The van der Waals surface area contributed by atoms with Crippen LogP contribution in [0.1, 0.15) is 12.5 Å². The van der Waals surface area contributed by atoms with Crippen molar-refractivity contribution in [3.63, 3.8) is 0 Å². The standard InChI is InChI=1S/C11H9NO4/c1-2-7-8-5-3-4-6-9(8)16-11(13)10(7)12(14)15/h3-6H,2H2,1H3. The van der Waals surface area contributed by atoms with Crippen LogP contribution in [0.2, 0.25) is 0 Å². The summed E-state index contributed by atoms with van der Waals surface area (Å²) in [5.41, 5.74) is -0.534. The van der Waals surface area contributed by atoms with Gasteiger partial charge in [0.05, 0.1) is 4.92 Å². The zero-order valence-corrected chi connectivity index (χ0v) is 8.60. The topological polar surface area (TPSA) is 73.3 Å². The smallest absolute Gasteiger partial charge is 0.415 e. The highest BCUT2D eigenvalue weighted by Gasteiger charge is 2.22. The molecule has 1 aromatic heterocycles. The molecule has 0 spiro atoms. The molecule has 0 aliphatic carbocycles. The molecule has 16 heavy (non-hydrogen) atoms. The van der Waals surface area contributed by atoms with Crippen LogP contribution in [0.5, 0.6) is 0 Å². The van der Waals surface area contributed by atoms with E-state index in [2.05, 4.69) is 0 Å². The molecule has 0 atom stereocenters. The second-order valence-electron chi connectivity index (χ2n) is 3.32. The first-order valence-electron chi connectivity index (χ1n) is 4.84. The van der Waals surface area contributed by atoms with Gasteiger partial charge in [0.15, 0.2) is 0 Å². The average Bonchev–Trinajstić information content (AvgIpc) is 2.26. The molecular formula is C11H9NO4. The van der Waals surface area contributed by atoms with Gasteiger partial charge in [-0.05, 0) is 12.5 Å². The van der Waals surface area contributed by atoms with Gasteiger partial charge in [-0.1, -0.05) is 25.1 Å². The van der Waals surface area contributed by atoms with Crippen molar-refractivity contribution in [3.8, 4) is 0 Å². The van der Waals surface area contributed by atoms with Gasteiger partial charge in [-0.15, -0.1) is 0 Å². The van der Waals surface area contributed by atoms with Gasteiger partial charge in [-0.25, -0.2) is 4.79 Å². The Morgan fingerprint density at radius 3 is 2.69 bits per heavy atom. The quantitative estimate of drug-likeness (QED) is 0.441. The lowest BCUT2D eigenvalue weighted by Crippen LogP contribution is -2.10. The van der Waals surface area contributed by atoms with Gasteiger partial charge in [-0.2, -0.15) is 0 Å². The lowest BCUT2D eigenvalue weighted by molar-refractivity contribution is -0.387. The van der Waals surface area contributed by atoms with Crippen molar-refractivity contribution < 1.29 is 9.34 Å². The third kappa shape index (κ3) is 1.46. The Kier molecular flexibility index (Phi) is 2.44. The number of benzene rings is 1. The van der Waals surface area contributed by atoms with E-state index in [0.29, 0.717) is 23.0 Å². The summed E-state index contributed by atoms with van der Waals surface area (Å²) < 4.78 is 4.90. The second kappa shape index (κ2) is 3.77. The summed E-state index contributed by atoms with van der Waals surface area (Å²) in [5, 5.41) is 11.4. The summed E-state index contributed by atoms with van der Waals surface area (Å²) in [7, 11) is 0. The summed E-state index contributed by atoms with van der Waals surface area (Å²) in [6, 6.07) is 6.81. The van der Waals surface area contributed by atoms with Crippen molar-refractivity contribution in [1.82, 2.24) is 0 Å². The molecule has 0 bridgehead atoms. The molecule has 2 aromatic rings. The van der Waals surface area contributed by atoms with Crippen LogP contribution in [0.15, 0.2) is 33.5 Å². The molecule has 0 aliphatic rings. The Morgan fingerprint density at radius 1 is 1.38 bits per heavy atom. The maximum Gasteiger partial charge on any atom is 0.415 e. The minimum Gasteiger partial charge on any atom is -0.418 e. The summed E-state index contributed by atoms with van der Waals surface area (Å²) >= 11 is 0. The Balaban J connectivity index is 2.96. The van der Waals surface area contributed by atoms with Crippen LogP contribution in [0.25, 0.3) is 11.0 Å². The van der Waals surface area contributed by atoms with E-state index >= 15 is 0 Å². The maximum absolute atomic E-state index is 11.4. The maximum atomic E-state index is 11.4. The summed E-state index contributed by atoms with van der Waals surface area (Å²) in [6.07, 6.45) is 0.419. The number of fused-ring (bicyclic) bond motifs is 1. The lowest BCUT2D eigenvalue weighted by Gasteiger charge is -2.02. The van der Waals surface area contributed by atoms with E-state index in [1.165, 1.54) is 0 Å². The SMILES string of the molecule is CCc1c([N+](=O)[O-])c(=O)oc2ccccc12. The third-order valence-electron chi connectivity index (χ3n) is 2.43. The first-order valence-corrected chi connectivity index (χ1v) is 4.84. The Bertz CT molecular complexity index is 615. The number of nitrogens with zero attached hydrogens (tertiary/aromatic N) is 1. The van der Waals surface area contributed by atoms with Crippen molar-refractivity contribution in [3.05, 3.63) is 50.4 Å². The van der Waals surface area contributed by atoms with Crippen LogP contribution in [0.3, 0.4) is 0 Å². The van der Waals surface area contributed by atoms with E-state index in [4.69, 9.17) is 4.42 Å². The molecule has 0 radical (unpaired) electrons. The second-order valence-corrected chi connectivity index (χ2v) is 3.32. The first-order chi connectivity index (χ1) is 7.65. The molecule has 82 valence electrons. The molecule has 0 fully saturated rings. The highest BCUT2D eigenvalue weighted by atomic mass is 16.6. The summed E-state index contributed by atoms with van der Waals surface area (Å²) in [5.74, 6) is 0. The largest absolute Gasteiger partial charge is 0.418 e. The normalized spacial score (nSPS) is 10.6. The predicted octanol–water partition coefficient (Wildman–Crippen LogP) is 2.26. The van der Waals surface area contributed by atoms with Crippen molar-refractivity contribution in [2.45, 2.75) is 13.3 Å². The van der Waals surface area contributed by atoms with Gasteiger partial charge in [0, 0.05) is 10.9 Å². The molecule has 0 saturated heterocycles. The third-order valence-corrected chi connectivity index (χ3v) is 2.43. The fourth-order valence-electron chi connectivity index (χ4n) is 1.75. The first kappa shape index (κ1) is 10.4. The van der Waals surface area contributed by atoms with Crippen molar-refractivity contribution >= 4 is 16.7 Å². The van der Waals surface area contributed by atoms with E-state index in [9.17, 15) is 14.9 Å². The lowest BCUT2D eigenvalue weighted by atomic mass is 10.1. The predicted molar refractivity (Wildman–Crippen MR) is 58.5 cm³/mol. The van der Waals surface area contributed by atoms with Crippen LogP contribution in [0, 0.1) is 10.1 Å². The molecule has 0 unspecified atom stereocenters. The molecule has 5 heteroatoms. The highest BCUT2D eigenvalue weighted by Crippen LogP contribution is 2.24. The van der Waals surface area contributed by atoms with E-state index in [1.54, 1.807) is 31.2 Å². The van der Waals surface area contributed by atoms with Crippen molar-refractivity contribution in [2.24, 2.45) is 0 Å². The molecule has 0 saturated carbocycles. The van der Waals surface area contributed by atoms with Gasteiger partial charge in [-0.3, -0.25) is 10.1 Å². The zero-order valence-electron chi connectivity index (χ0n) is 8.60. The van der Waals surface area contributed by atoms with Gasteiger partial charge < -0.3 is 4.42 Å². The van der Waals surface area contributed by atoms with Crippen LogP contribution in [0.4, 0.5) is 5.69 Å². The molecule has 1 heterocycles. The highest BCUT2D eigenvalue weighted by molar-refractivity contribution is 5.83. The Hall–Kier alpha value is -2.17. The fraction of sp³-hybridized carbons (Fsp3) is 0.182. The summed E-state index contributed by atoms with van der Waals surface area (Å²) in [4.78, 5) is 21.6. The van der Waals surface area contributed by atoms with Crippen LogP contribution in [-0.4, -0.2) is 4.92 Å². The van der Waals surface area contributed by atoms with Crippen LogP contribution >= 0.6 is 0 Å². The van der Waals surface area contributed by atoms with Gasteiger partial charge >= 0.3 is 11.3 Å². The molecule has 1 aromatic carbocycles. The van der Waals surface area contributed by atoms with Crippen molar-refractivity contribution in [2.75, 3.05) is 0 Å². The molecule has 0 aliphatic heterocycles. The van der Waals surface area contributed by atoms with Gasteiger partial charge in [0.2, 0.25) is 0 Å². The van der Waals surface area contributed by atoms with E-state index < -0.39 is 16.2 Å². The number of para-hydroxylation sites is 1. The molecule has 0 N–H and O–H groups in total. The number of rotatable bonds is 2. The summed E-state index contributed by atoms with van der Waals surface area (Å²) in [6.45, 7) is 1.77.